The van der Waals surface area contributed by atoms with Gasteiger partial charge in [0.2, 0.25) is 17.6 Å². The van der Waals surface area contributed by atoms with Crippen LogP contribution in [0.2, 0.25) is 0 Å². The monoisotopic (exact) mass is 389 g/mol. The minimum absolute atomic E-state index is 0.0841. The van der Waals surface area contributed by atoms with Crippen molar-refractivity contribution in [2.45, 2.75) is 52.4 Å². The normalized spacial score (nSPS) is 17.2. The topological polar surface area (TPSA) is 59.2 Å². The van der Waals surface area contributed by atoms with Gasteiger partial charge >= 0.3 is 0 Å². The zero-order valence-electron chi connectivity index (χ0n) is 17.7. The molecule has 0 bridgehead atoms. The maximum Gasteiger partial charge on any atom is 0.232 e. The molecule has 29 heavy (non-hydrogen) atoms. The number of amides is 1. The fraction of sp³-hybridized carbons (Fsp3) is 0.375. The van der Waals surface area contributed by atoms with E-state index in [0.29, 0.717) is 24.7 Å². The lowest BCUT2D eigenvalue weighted by Crippen LogP contribution is -2.24. The van der Waals surface area contributed by atoms with Crippen molar-refractivity contribution in [1.82, 2.24) is 10.1 Å². The zero-order chi connectivity index (χ0) is 20.8. The van der Waals surface area contributed by atoms with Crippen LogP contribution in [0.5, 0.6) is 0 Å². The van der Waals surface area contributed by atoms with E-state index in [0.717, 1.165) is 11.3 Å². The quantitative estimate of drug-likeness (QED) is 0.620. The zero-order valence-corrected chi connectivity index (χ0v) is 17.7. The summed E-state index contributed by atoms with van der Waals surface area (Å²) < 4.78 is 5.54. The molecular formula is C24H27N3O2. The van der Waals surface area contributed by atoms with Gasteiger partial charge in [0.05, 0.1) is 5.92 Å². The smallest absolute Gasteiger partial charge is 0.232 e. The van der Waals surface area contributed by atoms with E-state index in [9.17, 15) is 4.79 Å². The second-order valence-corrected chi connectivity index (χ2v) is 8.96. The van der Waals surface area contributed by atoms with Gasteiger partial charge in [0, 0.05) is 24.2 Å². The first-order valence-corrected chi connectivity index (χ1v) is 10.0. The van der Waals surface area contributed by atoms with Crippen LogP contribution < -0.4 is 4.90 Å². The Kier molecular flexibility index (Phi) is 4.77. The number of hydrogen-bond donors (Lipinski definition) is 0. The molecule has 1 fully saturated rings. The first kappa shape index (κ1) is 19.4. The molecule has 0 saturated carbocycles. The summed E-state index contributed by atoms with van der Waals surface area (Å²) in [5, 5.41) is 4.16. The van der Waals surface area contributed by atoms with Gasteiger partial charge in [-0.05, 0) is 48.1 Å². The lowest BCUT2D eigenvalue weighted by molar-refractivity contribution is -0.117. The van der Waals surface area contributed by atoms with Crippen molar-refractivity contribution in [3.8, 4) is 11.4 Å². The molecule has 5 nitrogen and oxygen atoms in total. The maximum absolute atomic E-state index is 12.6. The van der Waals surface area contributed by atoms with Crippen molar-refractivity contribution in [1.29, 1.82) is 0 Å². The first-order chi connectivity index (χ1) is 13.7. The van der Waals surface area contributed by atoms with Crippen molar-refractivity contribution in [3.63, 3.8) is 0 Å². The minimum Gasteiger partial charge on any atom is -0.339 e. The highest BCUT2D eigenvalue weighted by molar-refractivity contribution is 5.96. The molecule has 0 radical (unpaired) electrons. The summed E-state index contributed by atoms with van der Waals surface area (Å²) in [6.07, 6.45) is 0.386. The SMILES string of the molecule is Cc1ccc(N2CC(c3nc(-c4ccc(C(C)(C)C)cc4)no3)CC2=O)cc1C. The average Bonchev–Trinajstić information content (AvgIpc) is 3.30. The Labute approximate surface area is 171 Å². The van der Waals surface area contributed by atoms with Gasteiger partial charge in [-0.2, -0.15) is 4.98 Å². The molecule has 1 aliphatic heterocycles. The van der Waals surface area contributed by atoms with Gasteiger partial charge in [0.15, 0.2) is 0 Å². The molecule has 5 heteroatoms. The molecular weight excluding hydrogens is 362 g/mol. The van der Waals surface area contributed by atoms with Gasteiger partial charge in [0.1, 0.15) is 0 Å². The Morgan fingerprint density at radius 2 is 1.76 bits per heavy atom. The van der Waals surface area contributed by atoms with Crippen molar-refractivity contribution < 1.29 is 9.32 Å². The third kappa shape index (κ3) is 3.82. The van der Waals surface area contributed by atoms with Crippen LogP contribution >= 0.6 is 0 Å². The molecule has 1 unspecified atom stereocenters. The van der Waals surface area contributed by atoms with Crippen LogP contribution in [0.25, 0.3) is 11.4 Å². The lowest BCUT2D eigenvalue weighted by Gasteiger charge is -2.18. The van der Waals surface area contributed by atoms with Gasteiger partial charge in [-0.3, -0.25) is 4.79 Å². The number of carbonyl (C=O) groups is 1. The van der Waals surface area contributed by atoms with E-state index >= 15 is 0 Å². The number of hydrogen-bond acceptors (Lipinski definition) is 4. The standard InChI is InChI=1S/C24H27N3O2/c1-15-6-11-20(12-16(15)2)27-14-18(13-21(27)28)23-25-22(26-29-23)17-7-9-19(10-8-17)24(3,4)5/h6-12,18H,13-14H2,1-5H3. The third-order valence-corrected chi connectivity index (χ3v) is 5.73. The number of aryl methyl sites for hydroxylation is 2. The van der Waals surface area contributed by atoms with Gasteiger partial charge in [-0.25, -0.2) is 0 Å². The molecule has 0 aliphatic carbocycles. The molecule has 1 atom stereocenters. The number of nitrogens with zero attached hydrogens (tertiary/aromatic N) is 3. The highest BCUT2D eigenvalue weighted by Crippen LogP contribution is 2.33. The summed E-state index contributed by atoms with van der Waals surface area (Å²) in [6.45, 7) is 11.3. The van der Waals surface area contributed by atoms with Crippen molar-refractivity contribution in [3.05, 3.63) is 65.0 Å². The molecule has 1 aliphatic rings. The van der Waals surface area contributed by atoms with E-state index < -0.39 is 0 Å². The van der Waals surface area contributed by atoms with Crippen LogP contribution in [-0.2, 0) is 10.2 Å². The lowest BCUT2D eigenvalue weighted by atomic mass is 9.87. The third-order valence-electron chi connectivity index (χ3n) is 5.73. The van der Waals surface area contributed by atoms with Gasteiger partial charge in [-0.15, -0.1) is 0 Å². The highest BCUT2D eigenvalue weighted by atomic mass is 16.5. The van der Waals surface area contributed by atoms with Gasteiger partial charge < -0.3 is 9.42 Å². The van der Waals surface area contributed by atoms with E-state index in [2.05, 4.69) is 69.0 Å². The van der Waals surface area contributed by atoms with Crippen molar-refractivity contribution in [2.24, 2.45) is 0 Å². The summed E-state index contributed by atoms with van der Waals surface area (Å²) in [4.78, 5) is 19.0. The number of rotatable bonds is 3. The molecule has 1 amide bonds. The number of aromatic nitrogens is 2. The molecule has 2 aromatic carbocycles. The van der Waals surface area contributed by atoms with Gasteiger partial charge in [-0.1, -0.05) is 56.3 Å². The Bertz CT molecular complexity index is 1040. The van der Waals surface area contributed by atoms with E-state index in [1.165, 1.54) is 16.7 Å². The predicted octanol–water partition coefficient (Wildman–Crippen LogP) is 5.17. The van der Waals surface area contributed by atoms with Crippen molar-refractivity contribution in [2.75, 3.05) is 11.4 Å². The van der Waals surface area contributed by atoms with Crippen LogP contribution in [0.1, 0.15) is 55.7 Å². The fourth-order valence-corrected chi connectivity index (χ4v) is 3.65. The Morgan fingerprint density at radius 1 is 1.03 bits per heavy atom. The molecule has 0 spiro atoms. The second-order valence-electron chi connectivity index (χ2n) is 8.96. The number of carbonyl (C=O) groups excluding carboxylic acids is 1. The summed E-state index contributed by atoms with van der Waals surface area (Å²) in [6, 6.07) is 14.4. The minimum atomic E-state index is -0.0841. The largest absolute Gasteiger partial charge is 0.339 e. The Morgan fingerprint density at radius 3 is 2.41 bits per heavy atom. The summed E-state index contributed by atoms with van der Waals surface area (Å²) in [5.74, 6) is 1.10. The van der Waals surface area contributed by atoms with Crippen LogP contribution in [0, 0.1) is 13.8 Å². The van der Waals surface area contributed by atoms with Crippen LogP contribution in [0.3, 0.4) is 0 Å². The van der Waals surface area contributed by atoms with Crippen LogP contribution in [0.4, 0.5) is 5.69 Å². The Balaban J connectivity index is 1.52. The van der Waals surface area contributed by atoms with Gasteiger partial charge in [0.25, 0.3) is 0 Å². The first-order valence-electron chi connectivity index (χ1n) is 10.0. The van der Waals surface area contributed by atoms with Crippen LogP contribution in [0.15, 0.2) is 47.0 Å². The highest BCUT2D eigenvalue weighted by Gasteiger charge is 2.35. The summed E-state index contributed by atoms with van der Waals surface area (Å²) >= 11 is 0. The average molecular weight is 389 g/mol. The molecule has 4 rings (SSSR count). The molecule has 2 heterocycles. The number of benzene rings is 2. The number of anilines is 1. The molecule has 150 valence electrons. The summed E-state index contributed by atoms with van der Waals surface area (Å²) in [5.41, 5.74) is 5.61. The van der Waals surface area contributed by atoms with Crippen LogP contribution in [-0.4, -0.2) is 22.6 Å². The fourth-order valence-electron chi connectivity index (χ4n) is 3.65. The van der Waals surface area contributed by atoms with E-state index in [1.807, 2.05) is 23.1 Å². The molecule has 0 N–H and O–H groups in total. The van der Waals surface area contributed by atoms with E-state index in [-0.39, 0.29) is 17.2 Å². The second kappa shape index (κ2) is 7.14. The molecule has 3 aromatic rings. The van der Waals surface area contributed by atoms with Crippen molar-refractivity contribution >= 4 is 11.6 Å². The summed E-state index contributed by atoms with van der Waals surface area (Å²) in [7, 11) is 0. The van der Waals surface area contributed by atoms with E-state index in [1.54, 1.807) is 0 Å². The predicted molar refractivity (Wildman–Crippen MR) is 114 cm³/mol. The molecule has 1 aromatic heterocycles. The van der Waals surface area contributed by atoms with E-state index in [4.69, 9.17) is 4.52 Å². The maximum atomic E-state index is 12.6. The Hall–Kier alpha value is -2.95. The molecule has 1 saturated heterocycles.